The molecule has 18 heavy (non-hydrogen) atoms. The van der Waals surface area contributed by atoms with Gasteiger partial charge in [0, 0.05) is 19.6 Å². The maximum atomic E-state index is 11.6. The lowest BCUT2D eigenvalue weighted by Crippen LogP contribution is -2.49. The molecule has 1 rings (SSSR count). The second kappa shape index (κ2) is 9.85. The minimum Gasteiger partial charge on any atom is -0.481 e. The molecule has 1 saturated heterocycles. The number of hydrogen-bond donors (Lipinski definition) is 2. The standard InChI is InChI=1S/C10H18N2O4.C2H6/c1-2-12-5-6-16-8(7-12)10(15)11-4-3-9(13)14;1-2/h8H,2-7H2,1H3,(H,11,15)(H,13,14);1-2H3. The lowest BCUT2D eigenvalue weighted by Gasteiger charge is -2.31. The molecule has 0 aromatic heterocycles. The number of carbonyl (C=O) groups excluding carboxylic acids is 1. The summed E-state index contributed by atoms with van der Waals surface area (Å²) in [6, 6.07) is 0. The number of nitrogens with zero attached hydrogens (tertiary/aromatic N) is 1. The maximum absolute atomic E-state index is 11.6. The number of carbonyl (C=O) groups is 2. The summed E-state index contributed by atoms with van der Waals surface area (Å²) >= 11 is 0. The van der Waals surface area contributed by atoms with E-state index in [1.54, 1.807) is 0 Å². The zero-order valence-electron chi connectivity index (χ0n) is 11.4. The van der Waals surface area contributed by atoms with Crippen molar-refractivity contribution in [2.24, 2.45) is 0 Å². The summed E-state index contributed by atoms with van der Waals surface area (Å²) in [6.45, 7) is 9.04. The van der Waals surface area contributed by atoms with Gasteiger partial charge in [-0.2, -0.15) is 0 Å². The van der Waals surface area contributed by atoms with Gasteiger partial charge < -0.3 is 15.2 Å². The monoisotopic (exact) mass is 260 g/mol. The van der Waals surface area contributed by atoms with E-state index in [2.05, 4.69) is 10.2 Å². The van der Waals surface area contributed by atoms with Crippen molar-refractivity contribution in [1.29, 1.82) is 0 Å². The van der Waals surface area contributed by atoms with Crippen LogP contribution in [0.3, 0.4) is 0 Å². The van der Waals surface area contributed by atoms with Gasteiger partial charge in [0.15, 0.2) is 0 Å². The van der Waals surface area contributed by atoms with E-state index in [0.29, 0.717) is 13.2 Å². The minimum atomic E-state index is -0.917. The van der Waals surface area contributed by atoms with E-state index in [1.807, 2.05) is 20.8 Å². The normalized spacial score (nSPS) is 19.6. The molecular formula is C12H24N2O4. The number of carboxylic acids is 1. The molecule has 0 spiro atoms. The number of ether oxygens (including phenoxy) is 1. The van der Waals surface area contributed by atoms with Gasteiger partial charge >= 0.3 is 5.97 Å². The molecule has 0 bridgehead atoms. The lowest BCUT2D eigenvalue weighted by molar-refractivity contribution is -0.139. The smallest absolute Gasteiger partial charge is 0.305 e. The summed E-state index contributed by atoms with van der Waals surface area (Å²) in [4.78, 5) is 24.0. The van der Waals surface area contributed by atoms with Crippen molar-refractivity contribution in [3.05, 3.63) is 0 Å². The van der Waals surface area contributed by atoms with Crippen molar-refractivity contribution >= 4 is 11.9 Å². The van der Waals surface area contributed by atoms with E-state index in [9.17, 15) is 9.59 Å². The highest BCUT2D eigenvalue weighted by molar-refractivity contribution is 5.81. The molecule has 1 unspecified atom stereocenters. The van der Waals surface area contributed by atoms with Gasteiger partial charge in [-0.3, -0.25) is 14.5 Å². The van der Waals surface area contributed by atoms with Gasteiger partial charge in [0.2, 0.25) is 5.91 Å². The lowest BCUT2D eigenvalue weighted by atomic mass is 10.2. The van der Waals surface area contributed by atoms with Gasteiger partial charge in [-0.1, -0.05) is 20.8 Å². The van der Waals surface area contributed by atoms with Crippen molar-refractivity contribution in [2.45, 2.75) is 33.3 Å². The van der Waals surface area contributed by atoms with Crippen LogP contribution in [0.2, 0.25) is 0 Å². The third-order valence-corrected chi connectivity index (χ3v) is 2.53. The third kappa shape index (κ3) is 6.56. The van der Waals surface area contributed by atoms with Crippen LogP contribution in [0.1, 0.15) is 27.2 Å². The number of aliphatic carboxylic acids is 1. The Hall–Kier alpha value is -1.14. The van der Waals surface area contributed by atoms with E-state index in [0.717, 1.165) is 13.1 Å². The molecule has 0 aliphatic carbocycles. The number of likely N-dealkylation sites (N-methyl/N-ethyl adjacent to an activating group) is 1. The quantitative estimate of drug-likeness (QED) is 0.744. The molecule has 6 heteroatoms. The molecule has 2 N–H and O–H groups in total. The van der Waals surface area contributed by atoms with Crippen LogP contribution in [0.15, 0.2) is 0 Å². The molecule has 1 aliphatic rings. The fraction of sp³-hybridized carbons (Fsp3) is 0.833. The number of hydrogen-bond acceptors (Lipinski definition) is 4. The topological polar surface area (TPSA) is 78.9 Å². The largest absolute Gasteiger partial charge is 0.481 e. The zero-order chi connectivity index (χ0) is 14.0. The number of amides is 1. The molecular weight excluding hydrogens is 236 g/mol. The van der Waals surface area contributed by atoms with E-state index >= 15 is 0 Å². The second-order valence-electron chi connectivity index (χ2n) is 3.69. The fourth-order valence-electron chi connectivity index (χ4n) is 1.55. The first-order valence-electron chi connectivity index (χ1n) is 6.47. The predicted octanol–water partition coefficient (Wildman–Crippen LogP) is 0.324. The number of morpholine rings is 1. The molecule has 106 valence electrons. The molecule has 0 saturated carbocycles. The molecule has 1 aliphatic heterocycles. The van der Waals surface area contributed by atoms with Crippen LogP contribution in [0.25, 0.3) is 0 Å². The Morgan fingerprint density at radius 3 is 2.67 bits per heavy atom. The Morgan fingerprint density at radius 2 is 2.11 bits per heavy atom. The van der Waals surface area contributed by atoms with Crippen molar-refractivity contribution in [1.82, 2.24) is 10.2 Å². The summed E-state index contributed by atoms with van der Waals surface area (Å²) in [5.74, 6) is -1.14. The van der Waals surface area contributed by atoms with Crippen molar-refractivity contribution in [2.75, 3.05) is 32.8 Å². The van der Waals surface area contributed by atoms with E-state index in [-0.39, 0.29) is 18.9 Å². The van der Waals surface area contributed by atoms with Gasteiger partial charge in [0.05, 0.1) is 13.0 Å². The van der Waals surface area contributed by atoms with Crippen LogP contribution < -0.4 is 5.32 Å². The van der Waals surface area contributed by atoms with Crippen molar-refractivity contribution < 1.29 is 19.4 Å². The first kappa shape index (κ1) is 16.9. The van der Waals surface area contributed by atoms with Crippen molar-refractivity contribution in [3.8, 4) is 0 Å². The third-order valence-electron chi connectivity index (χ3n) is 2.53. The van der Waals surface area contributed by atoms with Gasteiger partial charge in [0.25, 0.3) is 0 Å². The summed E-state index contributed by atoms with van der Waals surface area (Å²) in [7, 11) is 0. The Kier molecular flexibility index (Phi) is 9.22. The van der Waals surface area contributed by atoms with Gasteiger partial charge in [-0.05, 0) is 6.54 Å². The van der Waals surface area contributed by atoms with Gasteiger partial charge in [-0.15, -0.1) is 0 Å². The average Bonchev–Trinajstić information content (AvgIpc) is 2.40. The van der Waals surface area contributed by atoms with Crippen LogP contribution >= 0.6 is 0 Å². The van der Waals surface area contributed by atoms with Gasteiger partial charge in [0.1, 0.15) is 6.10 Å². The first-order chi connectivity index (χ1) is 8.63. The van der Waals surface area contributed by atoms with Crippen LogP contribution in [0.5, 0.6) is 0 Å². The molecule has 1 fully saturated rings. The predicted molar refractivity (Wildman–Crippen MR) is 68.5 cm³/mol. The Balaban J connectivity index is 0.00000137. The summed E-state index contributed by atoms with van der Waals surface area (Å²) in [5.41, 5.74) is 0. The average molecular weight is 260 g/mol. The van der Waals surface area contributed by atoms with Crippen LogP contribution in [-0.2, 0) is 14.3 Å². The number of carboxylic acid groups (broad SMARTS) is 1. The SMILES string of the molecule is CC.CCN1CCOC(C(=O)NCCC(=O)O)C1. The Labute approximate surface area is 108 Å². The highest BCUT2D eigenvalue weighted by Crippen LogP contribution is 2.04. The van der Waals surface area contributed by atoms with Crippen LogP contribution in [0, 0.1) is 0 Å². The maximum Gasteiger partial charge on any atom is 0.305 e. The van der Waals surface area contributed by atoms with E-state index < -0.39 is 12.1 Å². The minimum absolute atomic E-state index is 0.0596. The van der Waals surface area contributed by atoms with E-state index in [4.69, 9.17) is 9.84 Å². The molecule has 6 nitrogen and oxygen atoms in total. The van der Waals surface area contributed by atoms with Gasteiger partial charge in [-0.25, -0.2) is 0 Å². The molecule has 0 radical (unpaired) electrons. The molecule has 1 atom stereocenters. The van der Waals surface area contributed by atoms with E-state index in [1.165, 1.54) is 0 Å². The Morgan fingerprint density at radius 1 is 1.44 bits per heavy atom. The first-order valence-corrected chi connectivity index (χ1v) is 6.47. The van der Waals surface area contributed by atoms with Crippen LogP contribution in [-0.4, -0.2) is 60.8 Å². The molecule has 1 amide bonds. The van der Waals surface area contributed by atoms with Crippen LogP contribution in [0.4, 0.5) is 0 Å². The Bertz CT molecular complexity index is 258. The summed E-state index contributed by atoms with van der Waals surface area (Å²) in [6.07, 6.45) is -0.529. The molecule has 0 aromatic rings. The highest BCUT2D eigenvalue weighted by atomic mass is 16.5. The zero-order valence-corrected chi connectivity index (χ0v) is 11.4. The molecule has 0 aromatic carbocycles. The number of nitrogens with one attached hydrogen (secondary N) is 1. The summed E-state index contributed by atoms with van der Waals surface area (Å²) < 4.78 is 5.33. The summed E-state index contributed by atoms with van der Waals surface area (Å²) in [5, 5.41) is 11.0. The highest BCUT2D eigenvalue weighted by Gasteiger charge is 2.25. The number of rotatable bonds is 5. The molecule has 1 heterocycles. The van der Waals surface area contributed by atoms with Crippen molar-refractivity contribution in [3.63, 3.8) is 0 Å². The second-order valence-corrected chi connectivity index (χ2v) is 3.69. The fourth-order valence-corrected chi connectivity index (χ4v) is 1.55.